The number of rotatable bonds is 5. The van der Waals surface area contributed by atoms with Crippen molar-refractivity contribution in [3.8, 4) is 11.1 Å². The van der Waals surface area contributed by atoms with E-state index in [2.05, 4.69) is 43.3 Å². The SMILES string of the molecule is O[C@H]1CCCN[C@@H]1CCCn1cnc2ccc(-c3cn[nH]c3)cc21. The van der Waals surface area contributed by atoms with Gasteiger partial charge in [-0.05, 0) is 49.9 Å². The molecule has 0 spiro atoms. The van der Waals surface area contributed by atoms with Crippen LogP contribution in [0.4, 0.5) is 0 Å². The van der Waals surface area contributed by atoms with E-state index >= 15 is 0 Å². The molecular weight excluding hydrogens is 302 g/mol. The topological polar surface area (TPSA) is 78.8 Å². The van der Waals surface area contributed by atoms with Gasteiger partial charge >= 0.3 is 0 Å². The number of piperidine rings is 1. The molecule has 0 amide bonds. The molecule has 6 nitrogen and oxygen atoms in total. The lowest BCUT2D eigenvalue weighted by Gasteiger charge is -2.29. The number of benzene rings is 1. The van der Waals surface area contributed by atoms with Crippen LogP contribution in [0.2, 0.25) is 0 Å². The Morgan fingerprint density at radius 2 is 2.25 bits per heavy atom. The third-order valence-electron chi connectivity index (χ3n) is 4.91. The molecule has 0 aliphatic carbocycles. The van der Waals surface area contributed by atoms with Crippen LogP contribution in [0.25, 0.3) is 22.2 Å². The van der Waals surface area contributed by atoms with E-state index < -0.39 is 0 Å². The molecule has 126 valence electrons. The van der Waals surface area contributed by atoms with Gasteiger partial charge in [-0.2, -0.15) is 5.10 Å². The monoisotopic (exact) mass is 325 g/mol. The average molecular weight is 325 g/mol. The van der Waals surface area contributed by atoms with Gasteiger partial charge in [-0.3, -0.25) is 5.10 Å². The zero-order valence-corrected chi connectivity index (χ0v) is 13.7. The van der Waals surface area contributed by atoms with Gasteiger partial charge in [-0.25, -0.2) is 4.98 Å². The lowest BCUT2D eigenvalue weighted by Crippen LogP contribution is -2.44. The Morgan fingerprint density at radius 1 is 1.29 bits per heavy atom. The second-order valence-electron chi connectivity index (χ2n) is 6.54. The fraction of sp³-hybridized carbons (Fsp3) is 0.444. The van der Waals surface area contributed by atoms with Gasteiger partial charge in [0.05, 0.1) is 29.7 Å². The number of aliphatic hydroxyl groups excluding tert-OH is 1. The van der Waals surface area contributed by atoms with Gasteiger partial charge in [-0.1, -0.05) is 6.07 Å². The van der Waals surface area contributed by atoms with Gasteiger partial charge in [0.1, 0.15) is 0 Å². The van der Waals surface area contributed by atoms with Crippen LogP contribution in [0, 0.1) is 0 Å². The van der Waals surface area contributed by atoms with Crippen LogP contribution < -0.4 is 5.32 Å². The second-order valence-corrected chi connectivity index (χ2v) is 6.54. The van der Waals surface area contributed by atoms with E-state index in [9.17, 15) is 5.11 Å². The van der Waals surface area contributed by atoms with E-state index in [1.54, 1.807) is 0 Å². The van der Waals surface area contributed by atoms with E-state index in [1.165, 1.54) is 0 Å². The summed E-state index contributed by atoms with van der Waals surface area (Å²) in [6.07, 6.45) is 9.44. The maximum Gasteiger partial charge on any atom is 0.0958 e. The van der Waals surface area contributed by atoms with Crippen LogP contribution in [0.15, 0.2) is 36.9 Å². The first-order valence-electron chi connectivity index (χ1n) is 8.67. The Kier molecular flexibility index (Phi) is 4.32. The Labute approximate surface area is 140 Å². The number of aromatic nitrogens is 4. The fourth-order valence-corrected chi connectivity index (χ4v) is 3.54. The highest BCUT2D eigenvalue weighted by Crippen LogP contribution is 2.23. The molecule has 3 N–H and O–H groups in total. The van der Waals surface area contributed by atoms with Crippen LogP contribution in [0.5, 0.6) is 0 Å². The predicted molar refractivity (Wildman–Crippen MR) is 93.6 cm³/mol. The van der Waals surface area contributed by atoms with E-state index in [1.807, 2.05) is 18.7 Å². The van der Waals surface area contributed by atoms with Crippen molar-refractivity contribution < 1.29 is 5.11 Å². The van der Waals surface area contributed by atoms with Gasteiger partial charge in [0.2, 0.25) is 0 Å². The molecule has 0 saturated carbocycles. The minimum absolute atomic E-state index is 0.203. The molecule has 1 aromatic carbocycles. The smallest absolute Gasteiger partial charge is 0.0958 e. The fourth-order valence-electron chi connectivity index (χ4n) is 3.54. The van der Waals surface area contributed by atoms with Crippen LogP contribution in [-0.4, -0.2) is 43.5 Å². The van der Waals surface area contributed by atoms with Crippen LogP contribution in [0.1, 0.15) is 25.7 Å². The highest BCUT2D eigenvalue weighted by molar-refractivity contribution is 5.81. The van der Waals surface area contributed by atoms with Crippen LogP contribution >= 0.6 is 0 Å². The second kappa shape index (κ2) is 6.75. The molecule has 1 fully saturated rings. The van der Waals surface area contributed by atoms with E-state index in [0.717, 1.165) is 60.9 Å². The van der Waals surface area contributed by atoms with E-state index in [4.69, 9.17) is 0 Å². The number of H-pyrrole nitrogens is 1. The molecule has 3 heterocycles. The highest BCUT2D eigenvalue weighted by atomic mass is 16.3. The number of aliphatic hydroxyl groups is 1. The van der Waals surface area contributed by atoms with Crippen molar-refractivity contribution in [3.63, 3.8) is 0 Å². The molecule has 2 aromatic heterocycles. The molecule has 0 bridgehead atoms. The summed E-state index contributed by atoms with van der Waals surface area (Å²) in [6.45, 7) is 1.93. The summed E-state index contributed by atoms with van der Waals surface area (Å²) >= 11 is 0. The van der Waals surface area contributed by atoms with Crippen molar-refractivity contribution in [2.24, 2.45) is 0 Å². The predicted octanol–water partition coefficient (Wildman–Crippen LogP) is 2.32. The standard InChI is InChI=1S/C18H23N5O/c24-18-4-1-7-19-16(18)3-2-8-23-12-20-15-6-5-13(9-17(15)23)14-10-21-22-11-14/h5-6,9-12,16,18-19,24H,1-4,7-8H2,(H,21,22)/t16-,18+/m1/s1. The normalized spacial score (nSPS) is 21.4. The highest BCUT2D eigenvalue weighted by Gasteiger charge is 2.21. The van der Waals surface area contributed by atoms with Crippen molar-refractivity contribution in [1.82, 2.24) is 25.1 Å². The molecule has 24 heavy (non-hydrogen) atoms. The molecular formula is C18H23N5O. The number of fused-ring (bicyclic) bond motifs is 1. The molecule has 6 heteroatoms. The van der Waals surface area contributed by atoms with Gasteiger partial charge in [0, 0.05) is 24.3 Å². The third-order valence-corrected chi connectivity index (χ3v) is 4.91. The number of hydrogen-bond donors (Lipinski definition) is 3. The molecule has 2 atom stereocenters. The van der Waals surface area contributed by atoms with E-state index in [-0.39, 0.29) is 12.1 Å². The Morgan fingerprint density at radius 3 is 3.08 bits per heavy atom. The lowest BCUT2D eigenvalue weighted by molar-refractivity contribution is 0.0909. The molecule has 1 saturated heterocycles. The maximum atomic E-state index is 10.0. The minimum Gasteiger partial charge on any atom is -0.392 e. The Balaban J connectivity index is 1.47. The largest absolute Gasteiger partial charge is 0.392 e. The first kappa shape index (κ1) is 15.4. The summed E-state index contributed by atoms with van der Waals surface area (Å²) < 4.78 is 2.20. The molecule has 0 radical (unpaired) electrons. The number of nitrogens with one attached hydrogen (secondary N) is 2. The van der Waals surface area contributed by atoms with Crippen molar-refractivity contribution in [2.75, 3.05) is 6.54 Å². The summed E-state index contributed by atoms with van der Waals surface area (Å²) in [5.74, 6) is 0. The van der Waals surface area contributed by atoms with Crippen LogP contribution in [-0.2, 0) is 6.54 Å². The van der Waals surface area contributed by atoms with Gasteiger partial charge in [0.25, 0.3) is 0 Å². The maximum absolute atomic E-state index is 10.0. The van der Waals surface area contributed by atoms with Gasteiger partial charge in [-0.15, -0.1) is 0 Å². The lowest BCUT2D eigenvalue weighted by atomic mass is 9.97. The number of aryl methyl sites for hydroxylation is 1. The first-order chi connectivity index (χ1) is 11.8. The van der Waals surface area contributed by atoms with Crippen molar-refractivity contribution in [2.45, 2.75) is 44.4 Å². The zero-order chi connectivity index (χ0) is 16.4. The van der Waals surface area contributed by atoms with Gasteiger partial charge in [0.15, 0.2) is 0 Å². The molecule has 1 aliphatic rings. The summed E-state index contributed by atoms with van der Waals surface area (Å²) in [5, 5.41) is 20.4. The zero-order valence-electron chi connectivity index (χ0n) is 13.7. The minimum atomic E-state index is -0.203. The molecule has 3 aromatic rings. The number of aromatic amines is 1. The molecule has 0 unspecified atom stereocenters. The molecule has 1 aliphatic heterocycles. The van der Waals surface area contributed by atoms with Crippen molar-refractivity contribution >= 4 is 11.0 Å². The molecule has 4 rings (SSSR count). The summed E-state index contributed by atoms with van der Waals surface area (Å²) in [6, 6.07) is 6.53. The van der Waals surface area contributed by atoms with Crippen molar-refractivity contribution in [3.05, 3.63) is 36.9 Å². The van der Waals surface area contributed by atoms with Crippen LogP contribution in [0.3, 0.4) is 0 Å². The Hall–Kier alpha value is -2.18. The average Bonchev–Trinajstić information content (AvgIpc) is 3.26. The number of nitrogens with zero attached hydrogens (tertiary/aromatic N) is 3. The van der Waals surface area contributed by atoms with Crippen molar-refractivity contribution in [1.29, 1.82) is 0 Å². The summed E-state index contributed by atoms with van der Waals surface area (Å²) in [5.41, 5.74) is 4.38. The first-order valence-corrected chi connectivity index (χ1v) is 8.67. The number of hydrogen-bond acceptors (Lipinski definition) is 4. The summed E-state index contributed by atoms with van der Waals surface area (Å²) in [4.78, 5) is 4.50. The Bertz CT molecular complexity index is 795. The van der Waals surface area contributed by atoms with Gasteiger partial charge < -0.3 is 15.0 Å². The quantitative estimate of drug-likeness (QED) is 0.673. The third kappa shape index (κ3) is 3.07. The van der Waals surface area contributed by atoms with E-state index in [0.29, 0.717) is 0 Å². The summed E-state index contributed by atoms with van der Waals surface area (Å²) in [7, 11) is 0. The number of imidazole rings is 1.